The van der Waals surface area contributed by atoms with E-state index in [1.165, 1.54) is 23.2 Å². The molecule has 110 valence electrons. The lowest BCUT2D eigenvalue weighted by atomic mass is 9.85. The first kappa shape index (κ1) is 15.4. The Kier molecular flexibility index (Phi) is 4.79. The summed E-state index contributed by atoms with van der Waals surface area (Å²) >= 11 is 1.84. The number of hydrogen-bond donors (Lipinski definition) is 1. The SMILES string of the molecule is CCc1cccc(C)c1NC1=NC(C(C)(C)C)CCS1. The van der Waals surface area contributed by atoms with Gasteiger partial charge in [0, 0.05) is 11.4 Å². The van der Waals surface area contributed by atoms with Crippen LogP contribution in [-0.2, 0) is 6.42 Å². The molecule has 1 N–H and O–H groups in total. The van der Waals surface area contributed by atoms with Crippen LogP contribution in [0.15, 0.2) is 23.2 Å². The molecule has 3 heteroatoms. The molecule has 0 spiro atoms. The van der Waals surface area contributed by atoms with Crippen molar-refractivity contribution in [1.82, 2.24) is 0 Å². The van der Waals surface area contributed by atoms with Crippen LogP contribution in [0.3, 0.4) is 0 Å². The average molecular weight is 290 g/mol. The van der Waals surface area contributed by atoms with Crippen LogP contribution in [-0.4, -0.2) is 17.0 Å². The van der Waals surface area contributed by atoms with E-state index in [0.29, 0.717) is 6.04 Å². The van der Waals surface area contributed by atoms with E-state index in [2.05, 4.69) is 58.1 Å². The number of aliphatic imine (C=N–C) groups is 1. The van der Waals surface area contributed by atoms with Gasteiger partial charge in [-0.05, 0) is 36.3 Å². The molecule has 1 atom stereocenters. The maximum Gasteiger partial charge on any atom is 0.161 e. The number of anilines is 1. The van der Waals surface area contributed by atoms with Crippen molar-refractivity contribution in [2.24, 2.45) is 10.4 Å². The van der Waals surface area contributed by atoms with Crippen molar-refractivity contribution >= 4 is 22.6 Å². The number of thioether (sulfide) groups is 1. The molecule has 2 nitrogen and oxygen atoms in total. The summed E-state index contributed by atoms with van der Waals surface area (Å²) in [4.78, 5) is 4.93. The van der Waals surface area contributed by atoms with E-state index >= 15 is 0 Å². The summed E-state index contributed by atoms with van der Waals surface area (Å²) in [7, 11) is 0. The molecule has 1 heterocycles. The fraction of sp³-hybridized carbons (Fsp3) is 0.588. The summed E-state index contributed by atoms with van der Waals surface area (Å²) in [6.45, 7) is 11.2. The number of para-hydroxylation sites is 1. The standard InChI is InChI=1S/C17H26N2S/c1-6-13-9-7-8-12(2)15(13)19-16-18-14(10-11-20-16)17(3,4)5/h7-9,14H,6,10-11H2,1-5H3,(H,18,19). The topological polar surface area (TPSA) is 24.4 Å². The molecule has 0 radical (unpaired) electrons. The fourth-order valence-corrected chi connectivity index (χ4v) is 3.43. The lowest BCUT2D eigenvalue weighted by Gasteiger charge is -2.31. The normalized spacial score (nSPS) is 19.6. The minimum absolute atomic E-state index is 0.243. The molecule has 0 saturated heterocycles. The largest absolute Gasteiger partial charge is 0.335 e. The molecule has 2 rings (SSSR count). The Balaban J connectivity index is 2.24. The predicted octanol–water partition coefficient (Wildman–Crippen LogP) is 4.88. The van der Waals surface area contributed by atoms with E-state index in [1.54, 1.807) is 0 Å². The zero-order valence-corrected chi connectivity index (χ0v) is 14.1. The number of aryl methyl sites for hydroxylation is 2. The number of amidine groups is 1. The van der Waals surface area contributed by atoms with Gasteiger partial charge in [0.1, 0.15) is 0 Å². The van der Waals surface area contributed by atoms with Gasteiger partial charge >= 0.3 is 0 Å². The molecule has 0 aromatic heterocycles. The quantitative estimate of drug-likeness (QED) is 0.839. The summed E-state index contributed by atoms with van der Waals surface area (Å²) in [5.74, 6) is 1.15. The average Bonchev–Trinajstić information content (AvgIpc) is 2.40. The second-order valence-corrected chi connectivity index (χ2v) is 7.62. The molecule has 0 aliphatic carbocycles. The number of hydrogen-bond acceptors (Lipinski definition) is 3. The molecule has 1 unspecified atom stereocenters. The van der Waals surface area contributed by atoms with Gasteiger partial charge in [-0.25, -0.2) is 0 Å². The highest BCUT2D eigenvalue weighted by Gasteiger charge is 2.27. The first-order valence-electron chi connectivity index (χ1n) is 7.48. The van der Waals surface area contributed by atoms with Crippen molar-refractivity contribution in [2.45, 2.75) is 53.5 Å². The third kappa shape index (κ3) is 3.57. The summed E-state index contributed by atoms with van der Waals surface area (Å²) in [6, 6.07) is 6.91. The van der Waals surface area contributed by atoms with Gasteiger partial charge in [-0.15, -0.1) is 0 Å². The molecule has 1 aliphatic rings. The Bertz CT molecular complexity index is 500. The van der Waals surface area contributed by atoms with Crippen LogP contribution in [0.2, 0.25) is 0 Å². The lowest BCUT2D eigenvalue weighted by molar-refractivity contribution is 0.316. The molecular formula is C17H26N2S. The molecule has 20 heavy (non-hydrogen) atoms. The van der Waals surface area contributed by atoms with Gasteiger partial charge in [0.25, 0.3) is 0 Å². The number of benzene rings is 1. The summed E-state index contributed by atoms with van der Waals surface area (Å²) in [6.07, 6.45) is 2.22. The van der Waals surface area contributed by atoms with Crippen molar-refractivity contribution in [1.29, 1.82) is 0 Å². The molecular weight excluding hydrogens is 264 g/mol. The third-order valence-corrected chi connectivity index (χ3v) is 4.80. The molecule has 1 aliphatic heterocycles. The van der Waals surface area contributed by atoms with Crippen LogP contribution in [0.4, 0.5) is 5.69 Å². The second kappa shape index (κ2) is 6.21. The van der Waals surface area contributed by atoms with E-state index in [-0.39, 0.29) is 5.41 Å². The molecule has 0 bridgehead atoms. The zero-order chi connectivity index (χ0) is 14.8. The Hall–Kier alpha value is -0.960. The van der Waals surface area contributed by atoms with Crippen LogP contribution in [0.25, 0.3) is 0 Å². The minimum Gasteiger partial charge on any atom is -0.335 e. The molecule has 1 aromatic rings. The first-order valence-corrected chi connectivity index (χ1v) is 8.46. The highest BCUT2D eigenvalue weighted by atomic mass is 32.2. The number of nitrogens with one attached hydrogen (secondary N) is 1. The maximum atomic E-state index is 4.93. The van der Waals surface area contributed by atoms with Crippen molar-refractivity contribution in [3.05, 3.63) is 29.3 Å². The summed E-state index contributed by atoms with van der Waals surface area (Å²) in [5, 5.41) is 4.67. The second-order valence-electron chi connectivity index (χ2n) is 6.54. The molecule has 0 amide bonds. The molecule has 0 saturated carbocycles. The van der Waals surface area contributed by atoms with E-state index < -0.39 is 0 Å². The van der Waals surface area contributed by atoms with Gasteiger partial charge in [0.2, 0.25) is 0 Å². The van der Waals surface area contributed by atoms with Crippen LogP contribution in [0.1, 0.15) is 45.2 Å². The smallest absolute Gasteiger partial charge is 0.161 e. The van der Waals surface area contributed by atoms with Crippen molar-refractivity contribution in [2.75, 3.05) is 11.1 Å². The van der Waals surface area contributed by atoms with Gasteiger partial charge < -0.3 is 5.32 Å². The zero-order valence-electron chi connectivity index (χ0n) is 13.3. The Labute approximate surface area is 127 Å². The van der Waals surface area contributed by atoms with Crippen molar-refractivity contribution < 1.29 is 0 Å². The van der Waals surface area contributed by atoms with Gasteiger partial charge in [-0.3, -0.25) is 4.99 Å². The van der Waals surface area contributed by atoms with Crippen LogP contribution < -0.4 is 5.32 Å². The fourth-order valence-electron chi connectivity index (χ4n) is 2.51. The Morgan fingerprint density at radius 3 is 2.75 bits per heavy atom. The van der Waals surface area contributed by atoms with Crippen LogP contribution >= 0.6 is 11.8 Å². The van der Waals surface area contributed by atoms with Gasteiger partial charge in [0.15, 0.2) is 5.17 Å². The predicted molar refractivity (Wildman–Crippen MR) is 91.9 cm³/mol. The van der Waals surface area contributed by atoms with Gasteiger partial charge in [-0.2, -0.15) is 0 Å². The molecule has 0 fully saturated rings. The number of rotatable bonds is 2. The summed E-state index contributed by atoms with van der Waals surface area (Å²) in [5.41, 5.74) is 4.15. The van der Waals surface area contributed by atoms with Gasteiger partial charge in [-0.1, -0.05) is 57.7 Å². The molecule has 1 aromatic carbocycles. The summed E-state index contributed by atoms with van der Waals surface area (Å²) < 4.78 is 0. The van der Waals surface area contributed by atoms with Crippen LogP contribution in [0.5, 0.6) is 0 Å². The minimum atomic E-state index is 0.243. The highest BCUT2D eigenvalue weighted by Crippen LogP contribution is 2.32. The van der Waals surface area contributed by atoms with Crippen molar-refractivity contribution in [3.63, 3.8) is 0 Å². The Morgan fingerprint density at radius 2 is 2.10 bits per heavy atom. The Morgan fingerprint density at radius 1 is 1.35 bits per heavy atom. The van der Waals surface area contributed by atoms with E-state index in [0.717, 1.165) is 17.3 Å². The number of nitrogens with zero attached hydrogens (tertiary/aromatic N) is 1. The third-order valence-electron chi connectivity index (χ3n) is 3.87. The maximum absolute atomic E-state index is 4.93. The highest BCUT2D eigenvalue weighted by molar-refractivity contribution is 8.14. The van der Waals surface area contributed by atoms with E-state index in [1.807, 2.05) is 11.8 Å². The van der Waals surface area contributed by atoms with E-state index in [4.69, 9.17) is 4.99 Å². The monoisotopic (exact) mass is 290 g/mol. The van der Waals surface area contributed by atoms with Crippen LogP contribution in [0, 0.1) is 12.3 Å². The van der Waals surface area contributed by atoms with E-state index in [9.17, 15) is 0 Å². The lowest BCUT2D eigenvalue weighted by Crippen LogP contribution is -2.30. The first-order chi connectivity index (χ1) is 9.41. The van der Waals surface area contributed by atoms with Crippen molar-refractivity contribution in [3.8, 4) is 0 Å². The van der Waals surface area contributed by atoms with Gasteiger partial charge in [0.05, 0.1) is 6.04 Å².